The molecule has 26 radical (unpaired) electrons. The molecule has 0 saturated carbocycles. The van der Waals surface area contributed by atoms with Crippen molar-refractivity contribution >= 4 is 173 Å². The van der Waals surface area contributed by atoms with Crippen molar-refractivity contribution in [2.45, 2.75) is 6.92 Å². The molecule has 0 aliphatic heterocycles. The molecule has 0 saturated heterocycles. The van der Waals surface area contributed by atoms with Crippen LogP contribution in [0.4, 0.5) is 0 Å². The van der Waals surface area contributed by atoms with E-state index in [0.717, 1.165) is 0 Å². The Bertz CT molecular complexity index is 1160. The second-order valence-corrected chi connectivity index (χ2v) is 7.50. The largest absolute Gasteiger partial charge is 0.113 e. The van der Waals surface area contributed by atoms with E-state index in [1.54, 1.807) is 6.92 Å². The quantitative estimate of drug-likeness (QED) is 0.393. The van der Waals surface area contributed by atoms with Gasteiger partial charge in [0.2, 0.25) is 0 Å². The highest BCUT2D eigenvalue weighted by molar-refractivity contribution is 6.71. The first-order valence-electron chi connectivity index (χ1n) is 9.25. The first-order chi connectivity index (χ1) is 14.7. The molecule has 0 bridgehead atoms. The third-order valence-corrected chi connectivity index (χ3v) is 5.77. The fourth-order valence-corrected chi connectivity index (χ4v) is 3.83. The highest BCUT2D eigenvalue weighted by Crippen LogP contribution is 2.24. The Morgan fingerprint density at radius 1 is 0.250 bits per heavy atom. The van der Waals surface area contributed by atoms with E-state index in [1.807, 2.05) is 0 Å². The molecule has 13 heteroatoms. The topological polar surface area (TPSA) is 0 Å². The number of benzene rings is 3. The molecule has 0 aliphatic rings. The van der Waals surface area contributed by atoms with Gasteiger partial charge >= 0.3 is 0 Å². The van der Waals surface area contributed by atoms with Gasteiger partial charge in [0.25, 0.3) is 0 Å². The smallest absolute Gasteiger partial charge is 0.112 e. The van der Waals surface area contributed by atoms with Crippen molar-refractivity contribution in [1.29, 1.82) is 0 Å². The van der Waals surface area contributed by atoms with Gasteiger partial charge in [-0.05, 0) is 34.7 Å². The molecule has 3 aromatic rings. The van der Waals surface area contributed by atoms with Crippen LogP contribution in [0.25, 0.3) is 22.3 Å². The molecular formula is C19H3B13. The summed E-state index contributed by atoms with van der Waals surface area (Å²) in [6.07, 6.45) is 0. The van der Waals surface area contributed by atoms with Crippen molar-refractivity contribution in [3.05, 3.63) is 5.56 Å². The van der Waals surface area contributed by atoms with Gasteiger partial charge in [-0.25, -0.2) is 0 Å². The van der Waals surface area contributed by atoms with Crippen LogP contribution >= 0.6 is 0 Å². The van der Waals surface area contributed by atoms with E-state index in [2.05, 4.69) is 0 Å². The Labute approximate surface area is 207 Å². The Hall–Kier alpha value is -1.50. The van der Waals surface area contributed by atoms with Crippen molar-refractivity contribution < 1.29 is 0 Å². The van der Waals surface area contributed by atoms with Crippen LogP contribution in [0.3, 0.4) is 0 Å². The van der Waals surface area contributed by atoms with Crippen LogP contribution in [0.15, 0.2) is 0 Å². The second-order valence-electron chi connectivity index (χ2n) is 7.50. The minimum atomic E-state index is 0.0288. The first-order valence-corrected chi connectivity index (χ1v) is 9.25. The van der Waals surface area contributed by atoms with Gasteiger partial charge in [-0.15, -0.1) is 38.2 Å². The molecule has 0 spiro atoms. The second kappa shape index (κ2) is 8.70. The maximum absolute atomic E-state index is 6.34. The summed E-state index contributed by atoms with van der Waals surface area (Å²) in [6, 6.07) is 0. The predicted molar refractivity (Wildman–Crippen MR) is 152 cm³/mol. The summed E-state index contributed by atoms with van der Waals surface area (Å²) in [5.41, 5.74) is 2.37. The Balaban J connectivity index is 2.59. The molecule has 3 rings (SSSR count). The Morgan fingerprint density at radius 2 is 0.406 bits per heavy atom. The van der Waals surface area contributed by atoms with Crippen molar-refractivity contribution in [3.8, 4) is 22.3 Å². The lowest BCUT2D eigenvalue weighted by atomic mass is 9.55. The number of hydrogen-bond acceptors (Lipinski definition) is 0. The average Bonchev–Trinajstić information content (AvgIpc) is 2.76. The van der Waals surface area contributed by atoms with E-state index < -0.39 is 0 Å². The maximum atomic E-state index is 6.34. The SMILES string of the molecule is [B]c1c([B])c([B])c(-c2c([B])c([B])c([B])c(-c3c([B])c([B])c([B])c([B])c3[B])c2C)c([B])c1[B]. The molecule has 0 N–H and O–H groups in total. The number of hydrogen-bond donors (Lipinski definition) is 0. The summed E-state index contributed by atoms with van der Waals surface area (Å²) < 4.78 is 0. The average molecular weight is 372 g/mol. The minimum Gasteiger partial charge on any atom is -0.112 e. The van der Waals surface area contributed by atoms with E-state index in [9.17, 15) is 0 Å². The zero-order valence-electron chi connectivity index (χ0n) is 17.5. The predicted octanol–water partition coefficient (Wildman–Crippen LogP) is -10.4. The molecule has 0 unspecified atom stereocenters. The van der Waals surface area contributed by atoms with Crippen LogP contribution in [-0.2, 0) is 0 Å². The highest BCUT2D eigenvalue weighted by atomic mass is 14.2. The lowest BCUT2D eigenvalue weighted by Crippen LogP contribution is -2.57. The van der Waals surface area contributed by atoms with Gasteiger partial charge in [-0.1, -0.05) is 32.8 Å². The summed E-state index contributed by atoms with van der Waals surface area (Å²) in [7, 11) is 79.9. The fraction of sp³-hybridized carbons (Fsp3) is 0.0526. The molecule has 0 heterocycles. The van der Waals surface area contributed by atoms with Gasteiger partial charge in [-0.2, -0.15) is 0 Å². The minimum absolute atomic E-state index is 0.0288. The summed E-state index contributed by atoms with van der Waals surface area (Å²) in [5, 5.41) is 0. The molecule has 32 heavy (non-hydrogen) atoms. The highest BCUT2D eigenvalue weighted by Gasteiger charge is 2.22. The molecular weight excluding hydrogens is 369 g/mol. The van der Waals surface area contributed by atoms with E-state index in [4.69, 9.17) is 102 Å². The molecule has 0 nitrogen and oxygen atoms in total. The molecule has 3 aromatic carbocycles. The Kier molecular flexibility index (Phi) is 6.83. The summed E-state index contributed by atoms with van der Waals surface area (Å²) in [5.74, 6) is 0. The zero-order valence-corrected chi connectivity index (χ0v) is 17.5. The summed E-state index contributed by atoms with van der Waals surface area (Å²) in [4.78, 5) is 0. The van der Waals surface area contributed by atoms with Crippen LogP contribution in [0.5, 0.6) is 0 Å². The van der Waals surface area contributed by atoms with Gasteiger partial charge in [0.1, 0.15) is 102 Å². The van der Waals surface area contributed by atoms with Crippen molar-refractivity contribution in [2.24, 2.45) is 0 Å². The van der Waals surface area contributed by atoms with Crippen LogP contribution in [-0.4, -0.2) is 102 Å². The van der Waals surface area contributed by atoms with Gasteiger partial charge in [0, 0.05) is 0 Å². The monoisotopic (exact) mass is 374 g/mol. The van der Waals surface area contributed by atoms with Gasteiger partial charge in [0.05, 0.1) is 0 Å². The normalized spacial score (nSPS) is 11.0. The number of rotatable bonds is 2. The lowest BCUT2D eigenvalue weighted by Gasteiger charge is -2.30. The van der Waals surface area contributed by atoms with Gasteiger partial charge in [0.15, 0.2) is 0 Å². The zero-order chi connectivity index (χ0) is 24.4. The van der Waals surface area contributed by atoms with Crippen molar-refractivity contribution in [2.75, 3.05) is 0 Å². The van der Waals surface area contributed by atoms with Crippen molar-refractivity contribution in [1.82, 2.24) is 0 Å². The summed E-state index contributed by atoms with van der Waals surface area (Å²) in [6.45, 7) is 1.69. The van der Waals surface area contributed by atoms with Crippen LogP contribution in [0.2, 0.25) is 0 Å². The van der Waals surface area contributed by atoms with E-state index >= 15 is 0 Å². The third-order valence-electron chi connectivity index (χ3n) is 5.77. The summed E-state index contributed by atoms with van der Waals surface area (Å²) >= 11 is 0. The van der Waals surface area contributed by atoms with E-state index in [-0.39, 0.29) is 82.1 Å². The fourth-order valence-electron chi connectivity index (χ4n) is 3.83. The molecule has 0 atom stereocenters. The van der Waals surface area contributed by atoms with E-state index in [1.165, 1.54) is 0 Å². The maximum Gasteiger partial charge on any atom is 0.113 e. The molecule has 118 valence electrons. The van der Waals surface area contributed by atoms with Crippen LogP contribution in [0.1, 0.15) is 5.56 Å². The van der Waals surface area contributed by atoms with Gasteiger partial charge in [-0.3, -0.25) is 0 Å². The van der Waals surface area contributed by atoms with Crippen LogP contribution in [0, 0.1) is 6.92 Å². The third kappa shape index (κ3) is 3.50. The molecule has 0 amide bonds. The molecule has 0 aliphatic carbocycles. The standard InChI is InChI=1S/C19H3B13/c1-2-3(5-9(22)14(27)18(31)15(28)10(5)23)7(20)13(26)8(21)4(2)6-11(24)16(29)19(32)17(30)12(6)25/h1H3. The molecule has 0 aromatic heterocycles. The first kappa shape index (κ1) is 25.1. The lowest BCUT2D eigenvalue weighted by molar-refractivity contribution is 1.51. The molecule has 0 fully saturated rings. The van der Waals surface area contributed by atoms with Gasteiger partial charge < -0.3 is 0 Å². The van der Waals surface area contributed by atoms with Crippen molar-refractivity contribution in [3.63, 3.8) is 0 Å². The van der Waals surface area contributed by atoms with E-state index in [0.29, 0.717) is 16.7 Å². The van der Waals surface area contributed by atoms with Crippen LogP contribution < -0.4 is 71.0 Å². The Morgan fingerprint density at radius 3 is 0.656 bits per heavy atom.